The van der Waals surface area contributed by atoms with E-state index in [1.807, 2.05) is 30.0 Å². The zero-order valence-electron chi connectivity index (χ0n) is 13.8. The Hall–Kier alpha value is -1.59. The van der Waals surface area contributed by atoms with Crippen molar-refractivity contribution < 1.29 is 14.3 Å². The highest BCUT2D eigenvalue weighted by Gasteiger charge is 2.22. The SMILES string of the molecule is CCOc1ccc(C(=O)N2CCN(CC)CC2)cc1COC. The van der Waals surface area contributed by atoms with Crippen molar-refractivity contribution in [3.8, 4) is 5.75 Å². The minimum atomic E-state index is 0.0937. The molecule has 5 heteroatoms. The molecule has 5 nitrogen and oxygen atoms in total. The molecule has 0 N–H and O–H groups in total. The Morgan fingerprint density at radius 2 is 1.91 bits per heavy atom. The molecular weight excluding hydrogens is 280 g/mol. The van der Waals surface area contributed by atoms with Gasteiger partial charge < -0.3 is 19.3 Å². The van der Waals surface area contributed by atoms with Crippen LogP contribution in [0.5, 0.6) is 5.75 Å². The molecule has 22 heavy (non-hydrogen) atoms. The van der Waals surface area contributed by atoms with Crippen LogP contribution in [0.2, 0.25) is 0 Å². The lowest BCUT2D eigenvalue weighted by Gasteiger charge is -2.34. The number of rotatable bonds is 6. The molecule has 2 rings (SSSR count). The summed E-state index contributed by atoms with van der Waals surface area (Å²) in [6.07, 6.45) is 0. The number of hydrogen-bond donors (Lipinski definition) is 0. The highest BCUT2D eigenvalue weighted by atomic mass is 16.5. The maximum absolute atomic E-state index is 12.6. The average Bonchev–Trinajstić information content (AvgIpc) is 2.56. The predicted molar refractivity (Wildman–Crippen MR) is 86.3 cm³/mol. The van der Waals surface area contributed by atoms with Crippen LogP contribution in [0.3, 0.4) is 0 Å². The first-order valence-electron chi connectivity index (χ1n) is 7.95. The zero-order chi connectivity index (χ0) is 15.9. The number of piperazine rings is 1. The molecule has 1 aromatic carbocycles. The lowest BCUT2D eigenvalue weighted by molar-refractivity contribution is 0.0643. The number of benzene rings is 1. The van der Waals surface area contributed by atoms with Crippen LogP contribution in [0.25, 0.3) is 0 Å². The molecule has 0 atom stereocenters. The second-order valence-electron chi connectivity index (χ2n) is 5.41. The van der Waals surface area contributed by atoms with Gasteiger partial charge in [0.2, 0.25) is 0 Å². The molecule has 0 radical (unpaired) electrons. The van der Waals surface area contributed by atoms with Gasteiger partial charge in [-0.05, 0) is 31.7 Å². The molecule has 0 aromatic heterocycles. The molecule has 1 heterocycles. The Balaban J connectivity index is 2.11. The van der Waals surface area contributed by atoms with Gasteiger partial charge in [0, 0.05) is 44.4 Å². The monoisotopic (exact) mass is 306 g/mol. The molecule has 1 aromatic rings. The van der Waals surface area contributed by atoms with E-state index in [4.69, 9.17) is 9.47 Å². The second kappa shape index (κ2) is 8.15. The fourth-order valence-electron chi connectivity index (χ4n) is 2.73. The summed E-state index contributed by atoms with van der Waals surface area (Å²) in [5.74, 6) is 0.882. The maximum Gasteiger partial charge on any atom is 0.253 e. The van der Waals surface area contributed by atoms with E-state index >= 15 is 0 Å². The van der Waals surface area contributed by atoms with E-state index in [-0.39, 0.29) is 5.91 Å². The summed E-state index contributed by atoms with van der Waals surface area (Å²) in [5.41, 5.74) is 1.63. The largest absolute Gasteiger partial charge is 0.494 e. The molecule has 1 aliphatic heterocycles. The van der Waals surface area contributed by atoms with Crippen molar-refractivity contribution in [2.24, 2.45) is 0 Å². The van der Waals surface area contributed by atoms with Crippen molar-refractivity contribution in [1.82, 2.24) is 9.80 Å². The number of ether oxygens (including phenoxy) is 2. The molecule has 0 spiro atoms. The first-order chi connectivity index (χ1) is 10.7. The van der Waals surface area contributed by atoms with Crippen molar-refractivity contribution in [3.63, 3.8) is 0 Å². The Kier molecular flexibility index (Phi) is 6.21. The van der Waals surface area contributed by atoms with Crippen LogP contribution in [0.1, 0.15) is 29.8 Å². The van der Waals surface area contributed by atoms with E-state index in [2.05, 4.69) is 11.8 Å². The van der Waals surface area contributed by atoms with Gasteiger partial charge in [-0.3, -0.25) is 4.79 Å². The Bertz CT molecular complexity index is 497. The van der Waals surface area contributed by atoms with Crippen LogP contribution >= 0.6 is 0 Å². The Labute approximate surface area is 132 Å². The number of hydrogen-bond acceptors (Lipinski definition) is 4. The van der Waals surface area contributed by atoms with Gasteiger partial charge in [0.25, 0.3) is 5.91 Å². The van der Waals surface area contributed by atoms with E-state index in [0.29, 0.717) is 18.8 Å². The van der Waals surface area contributed by atoms with Crippen molar-refractivity contribution >= 4 is 5.91 Å². The first kappa shape index (κ1) is 16.8. The van der Waals surface area contributed by atoms with Gasteiger partial charge in [-0.25, -0.2) is 0 Å². The average molecular weight is 306 g/mol. The molecule has 122 valence electrons. The minimum Gasteiger partial charge on any atom is -0.494 e. The molecule has 1 amide bonds. The van der Waals surface area contributed by atoms with Crippen LogP contribution in [-0.4, -0.2) is 62.1 Å². The molecule has 0 bridgehead atoms. The quantitative estimate of drug-likeness (QED) is 0.806. The Morgan fingerprint density at radius 3 is 2.50 bits per heavy atom. The summed E-state index contributed by atoms with van der Waals surface area (Å²) in [6.45, 7) is 9.67. The van der Waals surface area contributed by atoms with Crippen LogP contribution in [0.15, 0.2) is 18.2 Å². The number of amides is 1. The van der Waals surface area contributed by atoms with E-state index in [1.54, 1.807) is 7.11 Å². The van der Waals surface area contributed by atoms with E-state index < -0.39 is 0 Å². The van der Waals surface area contributed by atoms with Crippen LogP contribution in [-0.2, 0) is 11.3 Å². The smallest absolute Gasteiger partial charge is 0.253 e. The lowest BCUT2D eigenvalue weighted by Crippen LogP contribution is -2.48. The molecule has 1 saturated heterocycles. The highest BCUT2D eigenvalue weighted by Crippen LogP contribution is 2.22. The minimum absolute atomic E-state index is 0.0937. The zero-order valence-corrected chi connectivity index (χ0v) is 13.8. The van der Waals surface area contributed by atoms with Gasteiger partial charge >= 0.3 is 0 Å². The predicted octanol–water partition coefficient (Wildman–Crippen LogP) is 2.01. The van der Waals surface area contributed by atoms with Crippen molar-refractivity contribution in [2.75, 3.05) is 46.4 Å². The van der Waals surface area contributed by atoms with Gasteiger partial charge in [-0.2, -0.15) is 0 Å². The maximum atomic E-state index is 12.6. The van der Waals surface area contributed by atoms with Gasteiger partial charge in [-0.1, -0.05) is 6.92 Å². The van der Waals surface area contributed by atoms with Gasteiger partial charge in [0.15, 0.2) is 0 Å². The van der Waals surface area contributed by atoms with Gasteiger partial charge in [0.1, 0.15) is 5.75 Å². The summed E-state index contributed by atoms with van der Waals surface area (Å²) in [5, 5.41) is 0. The topological polar surface area (TPSA) is 42.0 Å². The molecule has 1 aliphatic rings. The third-order valence-electron chi connectivity index (χ3n) is 4.01. The third kappa shape index (κ3) is 3.99. The molecule has 1 fully saturated rings. The fourth-order valence-corrected chi connectivity index (χ4v) is 2.73. The van der Waals surface area contributed by atoms with Crippen molar-refractivity contribution in [3.05, 3.63) is 29.3 Å². The molecule has 0 saturated carbocycles. The standard InChI is InChI=1S/C17H26N2O3/c1-4-18-8-10-19(11-9-18)17(20)14-6-7-16(22-5-2)15(12-14)13-21-3/h6-7,12H,4-5,8-11,13H2,1-3H3. The summed E-state index contributed by atoms with van der Waals surface area (Å²) < 4.78 is 10.8. The normalized spacial score (nSPS) is 15.9. The summed E-state index contributed by atoms with van der Waals surface area (Å²) in [7, 11) is 1.65. The second-order valence-corrected chi connectivity index (χ2v) is 5.41. The molecule has 0 unspecified atom stereocenters. The summed E-state index contributed by atoms with van der Waals surface area (Å²) >= 11 is 0. The van der Waals surface area contributed by atoms with Gasteiger partial charge in [0.05, 0.1) is 13.2 Å². The summed E-state index contributed by atoms with van der Waals surface area (Å²) in [6, 6.07) is 5.61. The van der Waals surface area contributed by atoms with Gasteiger partial charge in [-0.15, -0.1) is 0 Å². The van der Waals surface area contributed by atoms with Crippen molar-refractivity contribution in [1.29, 1.82) is 0 Å². The Morgan fingerprint density at radius 1 is 1.18 bits per heavy atom. The number of likely N-dealkylation sites (N-methyl/N-ethyl adjacent to an activating group) is 1. The fraction of sp³-hybridized carbons (Fsp3) is 0.588. The van der Waals surface area contributed by atoms with E-state index in [9.17, 15) is 4.79 Å². The number of nitrogens with zero attached hydrogens (tertiary/aromatic N) is 2. The molecule has 0 aliphatic carbocycles. The van der Waals surface area contributed by atoms with Crippen LogP contribution in [0.4, 0.5) is 0 Å². The van der Waals surface area contributed by atoms with E-state index in [0.717, 1.165) is 44.0 Å². The first-order valence-corrected chi connectivity index (χ1v) is 7.95. The number of carbonyl (C=O) groups excluding carboxylic acids is 1. The number of methoxy groups -OCH3 is 1. The van der Waals surface area contributed by atoms with Crippen LogP contribution in [0, 0.1) is 0 Å². The van der Waals surface area contributed by atoms with E-state index in [1.165, 1.54) is 0 Å². The summed E-state index contributed by atoms with van der Waals surface area (Å²) in [4.78, 5) is 16.9. The number of carbonyl (C=O) groups is 1. The molecular formula is C17H26N2O3. The highest BCUT2D eigenvalue weighted by molar-refractivity contribution is 5.94. The lowest BCUT2D eigenvalue weighted by atomic mass is 10.1. The van der Waals surface area contributed by atoms with Crippen LogP contribution < -0.4 is 4.74 Å². The van der Waals surface area contributed by atoms with Crippen molar-refractivity contribution in [2.45, 2.75) is 20.5 Å². The third-order valence-corrected chi connectivity index (χ3v) is 4.01.